The highest BCUT2D eigenvalue weighted by atomic mass is 16.1. The van der Waals surface area contributed by atoms with Gasteiger partial charge in [0.15, 0.2) is 6.29 Å². The van der Waals surface area contributed by atoms with Crippen molar-refractivity contribution in [3.8, 4) is 0 Å². The quantitative estimate of drug-likeness (QED) is 0.299. The SMILES string of the molecule is CC/C=C/C/C=C/C/C=C/C/C=C/C/C=C/CCC[C]=O. The number of unbranched alkanes of at least 4 members (excludes halogenated alkanes) is 2. The van der Waals surface area contributed by atoms with Crippen molar-refractivity contribution >= 4 is 6.29 Å². The molecule has 0 aliphatic heterocycles. The fourth-order valence-electron chi connectivity index (χ4n) is 1.66. The molecule has 0 aromatic carbocycles. The summed E-state index contributed by atoms with van der Waals surface area (Å²) in [4.78, 5) is 9.99. The molecule has 0 N–H and O–H groups in total. The first kappa shape index (κ1) is 19.4. The van der Waals surface area contributed by atoms with Gasteiger partial charge in [0.05, 0.1) is 0 Å². The van der Waals surface area contributed by atoms with Gasteiger partial charge < -0.3 is 0 Å². The molecule has 0 saturated heterocycles. The molecule has 0 aromatic rings. The molecule has 0 aliphatic carbocycles. The number of rotatable bonds is 13. The molecule has 0 bridgehead atoms. The first-order valence-electron chi connectivity index (χ1n) is 8.01. The monoisotopic (exact) mass is 285 g/mol. The van der Waals surface area contributed by atoms with Gasteiger partial charge in [-0.1, -0.05) is 67.7 Å². The molecular formula is C20H29O. The molecular weight excluding hydrogens is 256 g/mol. The molecule has 0 heterocycles. The Morgan fingerprint density at radius 3 is 1.52 bits per heavy atom. The van der Waals surface area contributed by atoms with Gasteiger partial charge in [-0.2, -0.15) is 0 Å². The molecule has 0 rings (SSSR count). The highest BCUT2D eigenvalue weighted by Crippen LogP contribution is 1.97. The average Bonchev–Trinajstić information content (AvgIpc) is 2.50. The summed E-state index contributed by atoms with van der Waals surface area (Å²) < 4.78 is 0. The molecule has 21 heavy (non-hydrogen) atoms. The topological polar surface area (TPSA) is 17.1 Å². The summed E-state index contributed by atoms with van der Waals surface area (Å²) in [6.07, 6.45) is 31.4. The van der Waals surface area contributed by atoms with E-state index in [1.165, 1.54) is 0 Å². The molecule has 0 amide bonds. The molecule has 0 saturated carbocycles. The normalized spacial score (nSPS) is 12.8. The maximum absolute atomic E-state index is 9.99. The van der Waals surface area contributed by atoms with E-state index in [4.69, 9.17) is 0 Å². The molecule has 0 fully saturated rings. The smallest absolute Gasteiger partial charge is 0.198 e. The van der Waals surface area contributed by atoms with Crippen molar-refractivity contribution in [2.75, 3.05) is 0 Å². The Bertz CT molecular complexity index is 356. The molecule has 1 nitrogen and oxygen atoms in total. The van der Waals surface area contributed by atoms with Crippen molar-refractivity contribution in [2.45, 2.75) is 58.3 Å². The predicted octanol–water partition coefficient (Wildman–Crippen LogP) is 6.02. The lowest BCUT2D eigenvalue weighted by atomic mass is 10.2. The second-order valence-corrected chi connectivity index (χ2v) is 4.74. The van der Waals surface area contributed by atoms with Gasteiger partial charge in [0, 0.05) is 6.42 Å². The van der Waals surface area contributed by atoms with Crippen LogP contribution in [0.3, 0.4) is 0 Å². The van der Waals surface area contributed by atoms with E-state index in [0.717, 1.165) is 44.9 Å². The lowest BCUT2D eigenvalue weighted by molar-refractivity contribution is 0.549. The first-order valence-corrected chi connectivity index (χ1v) is 8.01. The molecule has 0 aromatic heterocycles. The summed E-state index contributed by atoms with van der Waals surface area (Å²) in [6, 6.07) is 0. The van der Waals surface area contributed by atoms with E-state index < -0.39 is 0 Å². The Balaban J connectivity index is 3.43. The second-order valence-electron chi connectivity index (χ2n) is 4.74. The van der Waals surface area contributed by atoms with Crippen molar-refractivity contribution in [1.29, 1.82) is 0 Å². The van der Waals surface area contributed by atoms with Crippen LogP contribution < -0.4 is 0 Å². The highest BCUT2D eigenvalue weighted by Gasteiger charge is 1.81. The third kappa shape index (κ3) is 18.4. The van der Waals surface area contributed by atoms with Crippen LogP contribution in [-0.4, -0.2) is 6.29 Å². The summed E-state index contributed by atoms with van der Waals surface area (Å²) in [5.41, 5.74) is 0. The van der Waals surface area contributed by atoms with Gasteiger partial charge >= 0.3 is 0 Å². The van der Waals surface area contributed by atoms with Crippen molar-refractivity contribution in [3.63, 3.8) is 0 Å². The Morgan fingerprint density at radius 1 is 0.667 bits per heavy atom. The predicted molar refractivity (Wildman–Crippen MR) is 94.0 cm³/mol. The summed E-state index contributed by atoms with van der Waals surface area (Å²) in [5, 5.41) is 0. The summed E-state index contributed by atoms with van der Waals surface area (Å²) in [6.45, 7) is 2.15. The van der Waals surface area contributed by atoms with Crippen LogP contribution in [0.1, 0.15) is 58.3 Å². The van der Waals surface area contributed by atoms with Gasteiger partial charge in [-0.3, -0.25) is 4.79 Å². The van der Waals surface area contributed by atoms with Crippen LogP contribution in [0.15, 0.2) is 60.8 Å². The summed E-state index contributed by atoms with van der Waals surface area (Å²) >= 11 is 0. The maximum atomic E-state index is 9.99. The largest absolute Gasteiger partial charge is 0.291 e. The minimum absolute atomic E-state index is 0.550. The molecule has 0 unspecified atom stereocenters. The van der Waals surface area contributed by atoms with Crippen LogP contribution in [0.25, 0.3) is 0 Å². The molecule has 0 aliphatic rings. The van der Waals surface area contributed by atoms with Gasteiger partial charge in [-0.25, -0.2) is 0 Å². The summed E-state index contributed by atoms with van der Waals surface area (Å²) in [5.74, 6) is 0. The van der Waals surface area contributed by atoms with Crippen LogP contribution in [-0.2, 0) is 4.79 Å². The van der Waals surface area contributed by atoms with Crippen LogP contribution in [0.2, 0.25) is 0 Å². The molecule has 1 radical (unpaired) electrons. The van der Waals surface area contributed by atoms with Crippen LogP contribution in [0.5, 0.6) is 0 Å². The fraction of sp³-hybridized carbons (Fsp3) is 0.450. The molecule has 0 atom stereocenters. The lowest BCUT2D eigenvalue weighted by Crippen LogP contribution is -1.73. The van der Waals surface area contributed by atoms with Gasteiger partial charge in [0.1, 0.15) is 0 Å². The Kier molecular flexibility index (Phi) is 16.9. The van der Waals surface area contributed by atoms with Gasteiger partial charge in [0.25, 0.3) is 0 Å². The molecule has 0 spiro atoms. The first-order chi connectivity index (χ1) is 10.4. The van der Waals surface area contributed by atoms with Crippen LogP contribution >= 0.6 is 0 Å². The van der Waals surface area contributed by atoms with Gasteiger partial charge in [0.2, 0.25) is 0 Å². The zero-order chi connectivity index (χ0) is 15.4. The Hall–Kier alpha value is -1.63. The Morgan fingerprint density at radius 2 is 1.10 bits per heavy atom. The van der Waals surface area contributed by atoms with Crippen molar-refractivity contribution in [3.05, 3.63) is 60.8 Å². The van der Waals surface area contributed by atoms with E-state index in [2.05, 4.69) is 67.7 Å². The number of allylic oxidation sites excluding steroid dienone is 10. The fourth-order valence-corrected chi connectivity index (χ4v) is 1.66. The molecule has 115 valence electrons. The van der Waals surface area contributed by atoms with E-state index in [1.54, 1.807) is 0 Å². The third-order valence-electron chi connectivity index (χ3n) is 2.81. The van der Waals surface area contributed by atoms with E-state index in [9.17, 15) is 4.79 Å². The van der Waals surface area contributed by atoms with Gasteiger partial charge in [-0.05, 0) is 44.9 Å². The standard InChI is InChI=1S/C20H29O/c1-2-3-4-5-6-7-8-9-10-11-12-13-14-15-16-17-18-19-20-21/h3-4,6-7,9-10,12-13,15-16H,2,5,8,11,14,17-19H2,1H3/b4-3+,7-6+,10-9+,13-12+,16-15+. The highest BCUT2D eigenvalue weighted by molar-refractivity contribution is 5.50. The van der Waals surface area contributed by atoms with E-state index >= 15 is 0 Å². The van der Waals surface area contributed by atoms with Crippen LogP contribution in [0.4, 0.5) is 0 Å². The number of carbonyl (C=O) groups excluding carboxylic acids is 1. The van der Waals surface area contributed by atoms with E-state index in [0.29, 0.717) is 6.42 Å². The van der Waals surface area contributed by atoms with Crippen LogP contribution in [0, 0.1) is 0 Å². The summed E-state index contributed by atoms with van der Waals surface area (Å²) in [7, 11) is 0. The average molecular weight is 285 g/mol. The Labute approximate surface area is 130 Å². The van der Waals surface area contributed by atoms with E-state index in [1.807, 2.05) is 6.29 Å². The minimum atomic E-state index is 0.550. The number of hydrogen-bond acceptors (Lipinski definition) is 1. The van der Waals surface area contributed by atoms with Gasteiger partial charge in [-0.15, -0.1) is 0 Å². The third-order valence-corrected chi connectivity index (χ3v) is 2.81. The van der Waals surface area contributed by atoms with Crippen molar-refractivity contribution < 1.29 is 4.79 Å². The van der Waals surface area contributed by atoms with Crippen molar-refractivity contribution in [2.24, 2.45) is 0 Å². The number of hydrogen-bond donors (Lipinski definition) is 0. The zero-order valence-corrected chi connectivity index (χ0v) is 13.3. The maximum Gasteiger partial charge on any atom is 0.198 e. The lowest BCUT2D eigenvalue weighted by Gasteiger charge is -1.87. The van der Waals surface area contributed by atoms with E-state index in [-0.39, 0.29) is 0 Å². The zero-order valence-electron chi connectivity index (χ0n) is 13.3. The molecule has 1 heteroatoms. The minimum Gasteiger partial charge on any atom is -0.291 e. The second kappa shape index (κ2) is 18.4. The van der Waals surface area contributed by atoms with Crippen molar-refractivity contribution in [1.82, 2.24) is 0 Å².